The minimum absolute atomic E-state index is 0.173. The standard InChI is InChI=1S/C19H26ClN3O11P2/c1-2-22-11-16(34-18(25)26)17(24)12-9-13(20)15(10-14(12)22)23-7-5-21(6-8-23)4-3-19(27,35(28,29)30)36(31,32)33/h9-11,27H,2-8H2,1H3,(H,25,26)(H2,28,29,30)(H2,31,32,33). The fourth-order valence-corrected chi connectivity index (χ4v) is 6.45. The van der Waals surface area contributed by atoms with Gasteiger partial charge in [-0.05, 0) is 19.1 Å². The first kappa shape index (κ1) is 28.6. The fraction of sp³-hybridized carbons (Fsp3) is 0.474. The Bertz CT molecular complexity index is 1290. The number of carboxylic acid groups (broad SMARTS) is 1. The topological polar surface area (TPSA) is 210 Å². The van der Waals surface area contributed by atoms with E-state index in [1.54, 1.807) is 22.5 Å². The van der Waals surface area contributed by atoms with Crippen LogP contribution in [0.5, 0.6) is 5.75 Å². The molecule has 0 bridgehead atoms. The third kappa shape index (κ3) is 5.62. The lowest BCUT2D eigenvalue weighted by molar-refractivity contribution is 0.107. The monoisotopic (exact) mass is 569 g/mol. The lowest BCUT2D eigenvalue weighted by Crippen LogP contribution is -2.48. The number of halogens is 1. The normalized spacial score (nSPS) is 15.9. The maximum Gasteiger partial charge on any atom is 0.511 e. The van der Waals surface area contributed by atoms with Crippen LogP contribution in [0.15, 0.2) is 23.1 Å². The van der Waals surface area contributed by atoms with Gasteiger partial charge in [0.25, 0.3) is 5.08 Å². The van der Waals surface area contributed by atoms with Gasteiger partial charge in [0.2, 0.25) is 5.43 Å². The van der Waals surface area contributed by atoms with Crippen molar-refractivity contribution in [3.05, 3.63) is 33.6 Å². The Morgan fingerprint density at radius 1 is 1.11 bits per heavy atom. The van der Waals surface area contributed by atoms with E-state index in [1.165, 1.54) is 12.3 Å². The highest BCUT2D eigenvalue weighted by Crippen LogP contribution is 2.68. The summed E-state index contributed by atoms with van der Waals surface area (Å²) in [5.74, 6) is -0.347. The highest BCUT2D eigenvalue weighted by atomic mass is 35.5. The molecule has 3 rings (SSSR count). The largest absolute Gasteiger partial charge is 0.511 e. The first-order valence-corrected chi connectivity index (χ1v) is 14.3. The first-order valence-electron chi connectivity index (χ1n) is 10.7. The highest BCUT2D eigenvalue weighted by molar-refractivity contribution is 7.72. The van der Waals surface area contributed by atoms with Crippen LogP contribution in [0.3, 0.4) is 0 Å². The van der Waals surface area contributed by atoms with Gasteiger partial charge in [-0.25, -0.2) is 4.79 Å². The molecule has 17 heteroatoms. The molecule has 0 spiro atoms. The molecule has 0 atom stereocenters. The van der Waals surface area contributed by atoms with Crippen molar-refractivity contribution in [3.8, 4) is 5.75 Å². The Kier molecular flexibility index (Phi) is 8.26. The zero-order valence-electron chi connectivity index (χ0n) is 19.0. The lowest BCUT2D eigenvalue weighted by atomic mass is 10.1. The molecule has 1 aromatic carbocycles. The molecule has 14 nitrogen and oxygen atoms in total. The number of aromatic nitrogens is 1. The molecular weight excluding hydrogens is 544 g/mol. The quantitative estimate of drug-likeness (QED) is 0.195. The van der Waals surface area contributed by atoms with Gasteiger partial charge < -0.3 is 44.0 Å². The van der Waals surface area contributed by atoms with Crippen molar-refractivity contribution in [2.75, 3.05) is 37.6 Å². The first-order chi connectivity index (χ1) is 16.6. The smallest absolute Gasteiger partial charge is 0.449 e. The molecule has 0 aliphatic carbocycles. The van der Waals surface area contributed by atoms with Gasteiger partial charge in [-0.15, -0.1) is 0 Å². The number of piperazine rings is 1. The Morgan fingerprint density at radius 2 is 1.69 bits per heavy atom. The summed E-state index contributed by atoms with van der Waals surface area (Å²) in [7, 11) is -11.0. The second-order valence-electron chi connectivity index (χ2n) is 8.24. The van der Waals surface area contributed by atoms with E-state index < -0.39 is 38.3 Å². The molecule has 36 heavy (non-hydrogen) atoms. The summed E-state index contributed by atoms with van der Waals surface area (Å²) in [4.78, 5) is 64.4. The number of benzene rings is 1. The number of fused-ring (bicyclic) bond motifs is 1. The van der Waals surface area contributed by atoms with Crippen LogP contribution in [0.4, 0.5) is 10.5 Å². The Balaban J connectivity index is 1.80. The van der Waals surface area contributed by atoms with Gasteiger partial charge in [-0.1, -0.05) is 11.6 Å². The van der Waals surface area contributed by atoms with E-state index in [4.69, 9.17) is 16.7 Å². The Hall–Kier alpha value is -1.99. The van der Waals surface area contributed by atoms with Gasteiger partial charge in [-0.3, -0.25) is 18.8 Å². The molecular formula is C19H26ClN3O11P2. The molecule has 0 amide bonds. The minimum Gasteiger partial charge on any atom is -0.449 e. The molecule has 1 saturated heterocycles. The average Bonchev–Trinajstić information content (AvgIpc) is 2.77. The van der Waals surface area contributed by atoms with Crippen molar-refractivity contribution >= 4 is 49.5 Å². The van der Waals surface area contributed by atoms with Crippen molar-refractivity contribution in [1.29, 1.82) is 0 Å². The second-order valence-corrected chi connectivity index (χ2v) is 12.7. The van der Waals surface area contributed by atoms with Crippen LogP contribution in [-0.4, -0.2) is 83.2 Å². The predicted molar refractivity (Wildman–Crippen MR) is 130 cm³/mol. The van der Waals surface area contributed by atoms with Gasteiger partial charge in [-0.2, -0.15) is 0 Å². The summed E-state index contributed by atoms with van der Waals surface area (Å²) in [6.45, 7) is 3.46. The molecule has 1 aliphatic rings. The van der Waals surface area contributed by atoms with E-state index in [-0.39, 0.29) is 22.7 Å². The van der Waals surface area contributed by atoms with Gasteiger partial charge in [0.05, 0.1) is 27.8 Å². The van der Waals surface area contributed by atoms with Crippen molar-refractivity contribution in [1.82, 2.24) is 9.47 Å². The SMILES string of the molecule is CCn1cc(OC(=O)O)c(=O)c2cc(Cl)c(N3CCN(CCC(O)(P(=O)(O)O)P(=O)(O)O)CC3)cc21. The molecule has 0 saturated carbocycles. The van der Waals surface area contributed by atoms with Crippen molar-refractivity contribution < 1.29 is 48.4 Å². The molecule has 0 unspecified atom stereocenters. The maximum atomic E-state index is 12.7. The molecule has 0 radical (unpaired) electrons. The summed E-state index contributed by atoms with van der Waals surface area (Å²) in [5.41, 5.74) is 0.479. The molecule has 1 aromatic heterocycles. The minimum atomic E-state index is -5.52. The van der Waals surface area contributed by atoms with E-state index in [9.17, 15) is 43.4 Å². The number of pyridine rings is 1. The number of rotatable bonds is 8. The van der Waals surface area contributed by atoms with Crippen LogP contribution < -0.4 is 15.1 Å². The molecule has 1 aliphatic heterocycles. The number of hydrogen-bond donors (Lipinski definition) is 6. The predicted octanol–water partition coefficient (Wildman–Crippen LogP) is 1.25. The summed E-state index contributed by atoms with van der Waals surface area (Å²) < 4.78 is 29.3. The van der Waals surface area contributed by atoms with Crippen LogP contribution in [0.1, 0.15) is 13.3 Å². The number of aliphatic hydroxyl groups is 1. The number of ether oxygens (including phenoxy) is 1. The molecule has 6 N–H and O–H groups in total. The zero-order chi connectivity index (χ0) is 27.1. The zero-order valence-corrected chi connectivity index (χ0v) is 21.6. The number of hydrogen-bond acceptors (Lipinski definition) is 8. The molecule has 2 aromatic rings. The van der Waals surface area contributed by atoms with Gasteiger partial charge in [0, 0.05) is 45.7 Å². The summed E-state index contributed by atoms with van der Waals surface area (Å²) in [6.07, 6.45) is -1.14. The highest BCUT2D eigenvalue weighted by Gasteiger charge is 2.59. The summed E-state index contributed by atoms with van der Waals surface area (Å²) in [6, 6.07) is 3.13. The Morgan fingerprint density at radius 3 is 2.19 bits per heavy atom. The number of nitrogens with zero attached hydrogens (tertiary/aromatic N) is 3. The number of anilines is 1. The van der Waals surface area contributed by atoms with Crippen molar-refractivity contribution in [2.45, 2.75) is 25.0 Å². The molecule has 200 valence electrons. The van der Waals surface area contributed by atoms with E-state index in [0.29, 0.717) is 43.9 Å². The van der Waals surface area contributed by atoms with Crippen molar-refractivity contribution in [2.24, 2.45) is 0 Å². The van der Waals surface area contributed by atoms with E-state index in [2.05, 4.69) is 4.74 Å². The molecule has 2 heterocycles. The molecule has 1 fully saturated rings. The van der Waals surface area contributed by atoms with Crippen LogP contribution in [0, 0.1) is 0 Å². The van der Waals surface area contributed by atoms with E-state index in [0.717, 1.165) is 0 Å². The summed E-state index contributed by atoms with van der Waals surface area (Å²) in [5, 5.41) is 15.9. The third-order valence-corrected chi connectivity index (χ3v) is 10.2. The lowest BCUT2D eigenvalue weighted by Gasteiger charge is -2.38. The number of carbonyl (C=O) groups is 1. The fourth-order valence-electron chi connectivity index (χ4n) is 4.02. The van der Waals surface area contributed by atoms with Crippen LogP contribution in [0.2, 0.25) is 5.02 Å². The van der Waals surface area contributed by atoms with Gasteiger partial charge in [0.1, 0.15) is 0 Å². The number of aryl methyl sites for hydroxylation is 1. The van der Waals surface area contributed by atoms with Gasteiger partial charge in [0.15, 0.2) is 5.75 Å². The van der Waals surface area contributed by atoms with Crippen LogP contribution >= 0.6 is 26.8 Å². The van der Waals surface area contributed by atoms with Crippen LogP contribution in [-0.2, 0) is 15.7 Å². The Labute approximate surface area is 209 Å². The van der Waals surface area contributed by atoms with Crippen molar-refractivity contribution in [3.63, 3.8) is 0 Å². The average molecular weight is 570 g/mol. The third-order valence-electron chi connectivity index (χ3n) is 6.06. The maximum absolute atomic E-state index is 12.7. The summed E-state index contributed by atoms with van der Waals surface area (Å²) >= 11 is 6.45. The van der Waals surface area contributed by atoms with E-state index in [1.807, 2.05) is 4.90 Å². The van der Waals surface area contributed by atoms with E-state index >= 15 is 0 Å². The van der Waals surface area contributed by atoms with Crippen LogP contribution in [0.25, 0.3) is 10.9 Å². The van der Waals surface area contributed by atoms with Gasteiger partial charge >= 0.3 is 21.3 Å². The second kappa shape index (κ2) is 10.4.